The van der Waals surface area contributed by atoms with Gasteiger partial charge in [0.2, 0.25) is 5.89 Å². The number of nitro benzene ring substituents is 1. The number of carbonyl (C=O) groups excluding carboxylic acids is 1. The number of halogens is 1. The molecule has 10 nitrogen and oxygen atoms in total. The number of carbonyl (C=O) groups is 1. The molecule has 11 heteroatoms. The molecule has 1 unspecified atom stereocenters. The zero-order valence-electron chi connectivity index (χ0n) is 14.8. The van der Waals surface area contributed by atoms with Crippen LogP contribution in [0.15, 0.2) is 28.8 Å². The number of amides is 1. The van der Waals surface area contributed by atoms with Gasteiger partial charge in [0.25, 0.3) is 11.6 Å². The third kappa shape index (κ3) is 5.22. The molecule has 0 spiro atoms. The van der Waals surface area contributed by atoms with Gasteiger partial charge in [-0.1, -0.05) is 5.16 Å². The van der Waals surface area contributed by atoms with Gasteiger partial charge < -0.3 is 15.2 Å². The van der Waals surface area contributed by atoms with Gasteiger partial charge in [-0.2, -0.15) is 4.98 Å². The molecule has 3 rings (SSSR count). The Hall–Kier alpha value is -2.56. The summed E-state index contributed by atoms with van der Waals surface area (Å²) in [6.07, 6.45) is 0.412. The van der Waals surface area contributed by atoms with Gasteiger partial charge in [0, 0.05) is 50.3 Å². The molecule has 1 aliphatic rings. The van der Waals surface area contributed by atoms with E-state index in [0.29, 0.717) is 30.2 Å². The topological polar surface area (TPSA) is 126 Å². The molecule has 1 fully saturated rings. The van der Waals surface area contributed by atoms with Crippen LogP contribution >= 0.6 is 12.4 Å². The van der Waals surface area contributed by atoms with Crippen molar-refractivity contribution in [2.45, 2.75) is 12.5 Å². The first kappa shape index (κ1) is 20.7. The predicted molar refractivity (Wildman–Crippen MR) is 98.9 cm³/mol. The van der Waals surface area contributed by atoms with E-state index in [9.17, 15) is 14.9 Å². The number of nitro groups is 1. The fourth-order valence-corrected chi connectivity index (χ4v) is 2.72. The van der Waals surface area contributed by atoms with Crippen LogP contribution in [0, 0.1) is 10.1 Å². The standard InChI is InChI=1S/C16H20N6O4.ClH/c1-21-9-8-17-10-13(21)15-19-14(26-20-15)6-7-18-16(23)11-2-4-12(5-3-11)22(24)25;/h2-5,13,17H,6-10H2,1H3,(H,18,23);1H. The second kappa shape index (κ2) is 9.40. The van der Waals surface area contributed by atoms with Gasteiger partial charge >= 0.3 is 0 Å². The number of rotatable bonds is 6. The summed E-state index contributed by atoms with van der Waals surface area (Å²) < 4.78 is 5.25. The summed E-state index contributed by atoms with van der Waals surface area (Å²) in [4.78, 5) is 28.7. The van der Waals surface area contributed by atoms with Crippen molar-refractivity contribution in [3.63, 3.8) is 0 Å². The maximum Gasteiger partial charge on any atom is 0.269 e. The van der Waals surface area contributed by atoms with Crippen LogP contribution in [0.4, 0.5) is 5.69 Å². The molecule has 0 saturated carbocycles. The van der Waals surface area contributed by atoms with Crippen LogP contribution < -0.4 is 10.6 Å². The van der Waals surface area contributed by atoms with E-state index in [1.54, 1.807) is 0 Å². The molecule has 0 bridgehead atoms. The second-order valence-electron chi connectivity index (χ2n) is 6.06. The van der Waals surface area contributed by atoms with Crippen molar-refractivity contribution in [3.05, 3.63) is 51.7 Å². The summed E-state index contributed by atoms with van der Waals surface area (Å²) >= 11 is 0. The number of benzene rings is 1. The Bertz CT molecular complexity index is 781. The summed E-state index contributed by atoms with van der Waals surface area (Å²) in [5.41, 5.74) is 0.304. The van der Waals surface area contributed by atoms with Crippen LogP contribution in [0.2, 0.25) is 0 Å². The van der Waals surface area contributed by atoms with Crippen molar-refractivity contribution >= 4 is 24.0 Å². The molecular weight excluding hydrogens is 376 g/mol. The van der Waals surface area contributed by atoms with E-state index in [2.05, 4.69) is 25.7 Å². The Morgan fingerprint density at radius 2 is 2.19 bits per heavy atom. The highest BCUT2D eigenvalue weighted by atomic mass is 35.5. The Labute approximate surface area is 161 Å². The highest BCUT2D eigenvalue weighted by Gasteiger charge is 2.25. The number of likely N-dealkylation sites (N-methyl/N-ethyl adjacent to an activating group) is 1. The molecule has 1 saturated heterocycles. The number of nitrogens with zero attached hydrogens (tertiary/aromatic N) is 4. The van der Waals surface area contributed by atoms with Crippen LogP contribution in [0.5, 0.6) is 0 Å². The fraction of sp³-hybridized carbons (Fsp3) is 0.438. The summed E-state index contributed by atoms with van der Waals surface area (Å²) in [5.74, 6) is 0.787. The Morgan fingerprint density at radius 1 is 1.44 bits per heavy atom. The van der Waals surface area contributed by atoms with Crippen LogP contribution in [0.3, 0.4) is 0 Å². The van der Waals surface area contributed by atoms with Gasteiger partial charge in [-0.15, -0.1) is 12.4 Å². The monoisotopic (exact) mass is 396 g/mol. The maximum absolute atomic E-state index is 12.0. The van der Waals surface area contributed by atoms with Crippen LogP contribution in [0.1, 0.15) is 28.1 Å². The molecule has 1 atom stereocenters. The predicted octanol–water partition coefficient (Wildman–Crippen LogP) is 0.948. The van der Waals surface area contributed by atoms with Gasteiger partial charge in [-0.05, 0) is 19.2 Å². The second-order valence-corrected chi connectivity index (χ2v) is 6.06. The zero-order chi connectivity index (χ0) is 18.5. The lowest BCUT2D eigenvalue weighted by Crippen LogP contribution is -2.44. The van der Waals surface area contributed by atoms with Crippen molar-refractivity contribution < 1.29 is 14.2 Å². The number of aromatic nitrogens is 2. The molecule has 1 amide bonds. The normalized spacial score (nSPS) is 17.1. The summed E-state index contributed by atoms with van der Waals surface area (Å²) in [5, 5.41) is 20.7. The average Bonchev–Trinajstić information content (AvgIpc) is 3.10. The minimum Gasteiger partial charge on any atom is -0.352 e. The zero-order valence-corrected chi connectivity index (χ0v) is 15.6. The lowest BCUT2D eigenvalue weighted by molar-refractivity contribution is -0.384. The van der Waals surface area contributed by atoms with Crippen LogP contribution in [-0.4, -0.2) is 59.1 Å². The quantitative estimate of drug-likeness (QED) is 0.545. The van der Waals surface area contributed by atoms with E-state index >= 15 is 0 Å². The molecule has 2 aromatic rings. The molecule has 27 heavy (non-hydrogen) atoms. The van der Waals surface area contributed by atoms with E-state index in [1.165, 1.54) is 24.3 Å². The summed E-state index contributed by atoms with van der Waals surface area (Å²) in [6.45, 7) is 2.95. The van der Waals surface area contributed by atoms with Gasteiger partial charge in [-0.25, -0.2) is 0 Å². The average molecular weight is 397 g/mol. The molecule has 1 aromatic heterocycles. The highest BCUT2D eigenvalue weighted by molar-refractivity contribution is 5.94. The Balaban J connectivity index is 0.00000261. The first-order valence-electron chi connectivity index (χ1n) is 8.30. The molecule has 146 valence electrons. The summed E-state index contributed by atoms with van der Waals surface area (Å²) in [6, 6.07) is 5.52. The number of piperazine rings is 1. The molecule has 1 aromatic carbocycles. The minimum absolute atomic E-state index is 0. The van der Waals surface area contributed by atoms with Crippen molar-refractivity contribution in [1.29, 1.82) is 0 Å². The molecule has 2 N–H and O–H groups in total. The number of hydrogen-bond donors (Lipinski definition) is 2. The van der Waals surface area contributed by atoms with Gasteiger partial charge in [-0.3, -0.25) is 19.8 Å². The van der Waals surface area contributed by atoms with Crippen LogP contribution in [0.25, 0.3) is 0 Å². The Morgan fingerprint density at radius 3 is 2.85 bits per heavy atom. The van der Waals surface area contributed by atoms with E-state index in [4.69, 9.17) is 4.52 Å². The van der Waals surface area contributed by atoms with Gasteiger partial charge in [0.1, 0.15) is 0 Å². The Kier molecular flexibility index (Phi) is 7.22. The van der Waals surface area contributed by atoms with Crippen molar-refractivity contribution in [2.24, 2.45) is 0 Å². The molecule has 0 aliphatic carbocycles. The SMILES string of the molecule is CN1CCNCC1c1noc(CCNC(=O)c2ccc([N+](=O)[O-])cc2)n1.Cl. The lowest BCUT2D eigenvalue weighted by Gasteiger charge is -2.30. The van der Waals surface area contributed by atoms with Crippen molar-refractivity contribution in [1.82, 2.24) is 25.7 Å². The van der Waals surface area contributed by atoms with Gasteiger partial charge in [0.05, 0.1) is 11.0 Å². The molecule has 1 aliphatic heterocycles. The van der Waals surface area contributed by atoms with E-state index in [-0.39, 0.29) is 30.0 Å². The molecular formula is C16H21ClN6O4. The van der Waals surface area contributed by atoms with Crippen LogP contribution in [-0.2, 0) is 6.42 Å². The number of hydrogen-bond acceptors (Lipinski definition) is 8. The third-order valence-corrected chi connectivity index (χ3v) is 4.26. The van der Waals surface area contributed by atoms with Crippen molar-refractivity contribution in [3.8, 4) is 0 Å². The molecule has 2 heterocycles. The van der Waals surface area contributed by atoms with Crippen molar-refractivity contribution in [2.75, 3.05) is 33.2 Å². The van der Waals surface area contributed by atoms with E-state index < -0.39 is 4.92 Å². The largest absolute Gasteiger partial charge is 0.352 e. The maximum atomic E-state index is 12.0. The van der Waals surface area contributed by atoms with E-state index in [0.717, 1.165) is 19.6 Å². The first-order valence-corrected chi connectivity index (χ1v) is 8.30. The summed E-state index contributed by atoms with van der Waals surface area (Å²) in [7, 11) is 2.02. The first-order chi connectivity index (χ1) is 12.5. The smallest absolute Gasteiger partial charge is 0.269 e. The lowest BCUT2D eigenvalue weighted by atomic mass is 10.2. The fourth-order valence-electron chi connectivity index (χ4n) is 2.72. The molecule has 0 radical (unpaired) electrons. The number of nitrogens with one attached hydrogen (secondary N) is 2. The minimum atomic E-state index is -0.506. The van der Waals surface area contributed by atoms with Gasteiger partial charge in [0.15, 0.2) is 5.82 Å². The van der Waals surface area contributed by atoms with E-state index in [1.807, 2.05) is 7.05 Å². The third-order valence-electron chi connectivity index (χ3n) is 4.26. The highest BCUT2D eigenvalue weighted by Crippen LogP contribution is 2.17. The number of non-ortho nitro benzene ring substituents is 1.